The third kappa shape index (κ3) is 6.17. The largest absolute Gasteiger partial charge is 0.339 e. The van der Waals surface area contributed by atoms with Crippen molar-refractivity contribution in [1.82, 2.24) is 9.21 Å². The minimum absolute atomic E-state index is 0. The number of piperazine rings is 1. The summed E-state index contributed by atoms with van der Waals surface area (Å²) in [5.41, 5.74) is 7.12. The molecule has 8 heteroatoms. The van der Waals surface area contributed by atoms with Gasteiger partial charge in [0.2, 0.25) is 15.9 Å². The molecule has 154 valence electrons. The number of carbonyl (C=O) groups excluding carboxylic acids is 1. The van der Waals surface area contributed by atoms with Crippen molar-refractivity contribution in [1.29, 1.82) is 0 Å². The van der Waals surface area contributed by atoms with Crippen molar-refractivity contribution in [3.63, 3.8) is 0 Å². The number of benzene rings is 1. The molecule has 1 amide bonds. The Morgan fingerprint density at radius 3 is 2.15 bits per heavy atom. The molecule has 0 unspecified atom stereocenters. The fourth-order valence-corrected chi connectivity index (χ4v) is 4.68. The average Bonchev–Trinajstić information content (AvgIpc) is 2.61. The van der Waals surface area contributed by atoms with Crippen LogP contribution in [0.15, 0.2) is 29.2 Å². The Bertz CT molecular complexity index is 699. The van der Waals surface area contributed by atoms with Crippen LogP contribution in [0.2, 0.25) is 0 Å². The minimum atomic E-state index is -3.52. The number of rotatable bonds is 7. The van der Waals surface area contributed by atoms with Crippen LogP contribution in [0, 0.1) is 5.92 Å². The molecule has 1 saturated heterocycles. The maximum absolute atomic E-state index is 12.8. The highest BCUT2D eigenvalue weighted by molar-refractivity contribution is 7.89. The van der Waals surface area contributed by atoms with E-state index in [0.29, 0.717) is 43.4 Å². The Kier molecular flexibility index (Phi) is 9.21. The highest BCUT2D eigenvalue weighted by Gasteiger charge is 2.31. The summed E-state index contributed by atoms with van der Waals surface area (Å²) in [7, 11) is -3.52. The summed E-state index contributed by atoms with van der Waals surface area (Å²) in [5, 5.41) is 0. The number of nitrogens with zero attached hydrogens (tertiary/aromatic N) is 2. The second-order valence-electron chi connectivity index (χ2n) is 7.36. The number of amides is 1. The molecule has 0 saturated carbocycles. The van der Waals surface area contributed by atoms with Crippen molar-refractivity contribution in [2.75, 3.05) is 26.2 Å². The molecule has 1 aromatic rings. The highest BCUT2D eigenvalue weighted by atomic mass is 35.5. The smallest absolute Gasteiger partial charge is 0.243 e. The molecule has 0 aromatic heterocycles. The Labute approximate surface area is 169 Å². The second kappa shape index (κ2) is 10.4. The van der Waals surface area contributed by atoms with E-state index in [4.69, 9.17) is 5.73 Å². The molecular formula is C19H32ClN3O3S. The monoisotopic (exact) mass is 417 g/mol. The normalized spacial score (nSPS) is 16.9. The van der Waals surface area contributed by atoms with Gasteiger partial charge in [-0.05, 0) is 36.5 Å². The predicted molar refractivity (Wildman–Crippen MR) is 110 cm³/mol. The molecule has 2 N–H and O–H groups in total. The van der Waals surface area contributed by atoms with Gasteiger partial charge in [-0.25, -0.2) is 8.42 Å². The van der Waals surface area contributed by atoms with Crippen molar-refractivity contribution in [3.8, 4) is 0 Å². The third-order valence-corrected chi connectivity index (χ3v) is 6.61. The van der Waals surface area contributed by atoms with Crippen LogP contribution in [0.5, 0.6) is 0 Å². The Hall–Kier alpha value is -1.15. The van der Waals surface area contributed by atoms with Gasteiger partial charge in [0, 0.05) is 26.2 Å². The van der Waals surface area contributed by atoms with Crippen molar-refractivity contribution >= 4 is 28.3 Å². The zero-order valence-corrected chi connectivity index (χ0v) is 18.1. The van der Waals surface area contributed by atoms with Crippen LogP contribution in [0.25, 0.3) is 0 Å². The Balaban J connectivity index is 0.00000364. The first kappa shape index (κ1) is 23.9. The van der Waals surface area contributed by atoms with Gasteiger partial charge in [-0.15, -0.1) is 12.4 Å². The average molecular weight is 418 g/mol. The maximum atomic E-state index is 12.8. The van der Waals surface area contributed by atoms with Gasteiger partial charge in [0.15, 0.2) is 0 Å². The quantitative estimate of drug-likeness (QED) is 0.737. The lowest BCUT2D eigenvalue weighted by Gasteiger charge is -2.35. The standard InChI is InChI=1S/C19H31N3O3S.ClH/c1-4-5-16-6-8-17(9-7-16)26(24,25)22-12-10-21(11-13-22)19(23)18(20)14-15(2)3;/h6-9,15,18H,4-5,10-14,20H2,1-3H3;1H/t18-;/m0./s1. The molecule has 27 heavy (non-hydrogen) atoms. The number of hydrogen-bond donors (Lipinski definition) is 1. The zero-order valence-electron chi connectivity index (χ0n) is 16.4. The first-order chi connectivity index (χ1) is 12.3. The van der Waals surface area contributed by atoms with Crippen LogP contribution in [-0.4, -0.2) is 55.8 Å². The summed E-state index contributed by atoms with van der Waals surface area (Å²) in [6.07, 6.45) is 2.61. The third-order valence-electron chi connectivity index (χ3n) is 4.69. The van der Waals surface area contributed by atoms with Crippen molar-refractivity contribution in [3.05, 3.63) is 29.8 Å². The van der Waals surface area contributed by atoms with E-state index in [1.54, 1.807) is 17.0 Å². The maximum Gasteiger partial charge on any atom is 0.243 e. The summed E-state index contributed by atoms with van der Waals surface area (Å²) in [6, 6.07) is 6.60. The van der Waals surface area contributed by atoms with Gasteiger partial charge in [-0.2, -0.15) is 4.31 Å². The topological polar surface area (TPSA) is 83.7 Å². The summed E-state index contributed by atoms with van der Waals surface area (Å²) in [6.45, 7) is 7.54. The number of halogens is 1. The van der Waals surface area contributed by atoms with E-state index in [1.807, 2.05) is 26.0 Å². The molecule has 6 nitrogen and oxygen atoms in total. The molecular weight excluding hydrogens is 386 g/mol. The fraction of sp³-hybridized carbons (Fsp3) is 0.632. The van der Waals surface area contributed by atoms with Crippen LogP contribution in [0.4, 0.5) is 0 Å². The molecule has 1 fully saturated rings. The minimum Gasteiger partial charge on any atom is -0.339 e. The molecule has 1 aliphatic rings. The van der Waals surface area contributed by atoms with Gasteiger partial charge in [0.05, 0.1) is 10.9 Å². The number of nitrogens with two attached hydrogens (primary N) is 1. The number of aryl methyl sites for hydroxylation is 1. The molecule has 0 radical (unpaired) electrons. The SMILES string of the molecule is CCCc1ccc(S(=O)(=O)N2CCN(C(=O)[C@@H](N)CC(C)C)CC2)cc1.Cl. The van der Waals surface area contributed by atoms with E-state index in [-0.39, 0.29) is 18.3 Å². The van der Waals surface area contributed by atoms with E-state index in [0.717, 1.165) is 18.4 Å². The van der Waals surface area contributed by atoms with Crippen molar-refractivity contribution in [2.24, 2.45) is 11.7 Å². The van der Waals surface area contributed by atoms with E-state index < -0.39 is 16.1 Å². The molecule has 1 aromatic carbocycles. The van der Waals surface area contributed by atoms with Gasteiger partial charge in [-0.3, -0.25) is 4.79 Å². The van der Waals surface area contributed by atoms with Crippen LogP contribution in [0.1, 0.15) is 39.2 Å². The van der Waals surface area contributed by atoms with Gasteiger partial charge >= 0.3 is 0 Å². The van der Waals surface area contributed by atoms with Gasteiger partial charge in [0.25, 0.3) is 0 Å². The number of hydrogen-bond acceptors (Lipinski definition) is 4. The zero-order chi connectivity index (χ0) is 19.3. The number of sulfonamides is 1. The molecule has 0 bridgehead atoms. The summed E-state index contributed by atoms with van der Waals surface area (Å²) in [4.78, 5) is 14.4. The molecule has 1 heterocycles. The van der Waals surface area contributed by atoms with E-state index >= 15 is 0 Å². The van der Waals surface area contributed by atoms with E-state index in [2.05, 4.69) is 6.92 Å². The summed E-state index contributed by atoms with van der Waals surface area (Å²) < 4.78 is 27.1. The van der Waals surface area contributed by atoms with Gasteiger partial charge < -0.3 is 10.6 Å². The fourth-order valence-electron chi connectivity index (χ4n) is 3.26. The molecule has 0 aliphatic carbocycles. The molecule has 1 aliphatic heterocycles. The summed E-state index contributed by atoms with van der Waals surface area (Å²) in [5.74, 6) is 0.269. The molecule has 0 spiro atoms. The van der Waals surface area contributed by atoms with Gasteiger partial charge in [-0.1, -0.05) is 39.3 Å². The van der Waals surface area contributed by atoms with Crippen LogP contribution < -0.4 is 5.73 Å². The lowest BCUT2D eigenvalue weighted by atomic mass is 10.0. The molecule has 1 atom stereocenters. The summed E-state index contributed by atoms with van der Waals surface area (Å²) >= 11 is 0. The molecule has 2 rings (SSSR count). The first-order valence-corrected chi connectivity index (χ1v) is 10.8. The van der Waals surface area contributed by atoms with Crippen molar-refractivity contribution < 1.29 is 13.2 Å². The predicted octanol–water partition coefficient (Wildman–Crippen LogP) is 2.27. The van der Waals surface area contributed by atoms with Gasteiger partial charge in [0.1, 0.15) is 0 Å². The second-order valence-corrected chi connectivity index (χ2v) is 9.30. The lowest BCUT2D eigenvalue weighted by Crippen LogP contribution is -2.54. The lowest BCUT2D eigenvalue weighted by molar-refractivity contribution is -0.134. The Morgan fingerprint density at radius 2 is 1.67 bits per heavy atom. The first-order valence-electron chi connectivity index (χ1n) is 9.39. The van der Waals surface area contributed by atoms with Crippen molar-refractivity contribution in [2.45, 2.75) is 51.0 Å². The van der Waals surface area contributed by atoms with Crippen LogP contribution >= 0.6 is 12.4 Å². The van der Waals surface area contributed by atoms with Crippen LogP contribution in [-0.2, 0) is 21.2 Å². The number of carbonyl (C=O) groups is 1. The van der Waals surface area contributed by atoms with E-state index in [1.165, 1.54) is 4.31 Å². The Morgan fingerprint density at radius 1 is 1.11 bits per heavy atom. The highest BCUT2D eigenvalue weighted by Crippen LogP contribution is 2.19. The van der Waals surface area contributed by atoms with Crippen LogP contribution in [0.3, 0.4) is 0 Å². The van der Waals surface area contributed by atoms with E-state index in [9.17, 15) is 13.2 Å².